The highest BCUT2D eigenvalue weighted by molar-refractivity contribution is 8.00. The van der Waals surface area contributed by atoms with Crippen LogP contribution >= 0.6 is 11.8 Å². The van der Waals surface area contributed by atoms with E-state index >= 15 is 0 Å². The van der Waals surface area contributed by atoms with Crippen LogP contribution < -0.4 is 0 Å². The Morgan fingerprint density at radius 2 is 1.76 bits per heavy atom. The van der Waals surface area contributed by atoms with Gasteiger partial charge in [-0.15, -0.1) is 10.2 Å². The second-order valence-corrected chi connectivity index (χ2v) is 6.70. The number of aromatic nitrogens is 2. The molecule has 0 aliphatic heterocycles. The van der Waals surface area contributed by atoms with Gasteiger partial charge in [-0.25, -0.2) is 4.39 Å². The van der Waals surface area contributed by atoms with Crippen LogP contribution in [-0.4, -0.2) is 28.0 Å². The van der Waals surface area contributed by atoms with Crippen molar-refractivity contribution >= 4 is 28.5 Å². The van der Waals surface area contributed by atoms with Crippen molar-refractivity contribution in [3.63, 3.8) is 0 Å². The van der Waals surface area contributed by atoms with Gasteiger partial charge in [0, 0.05) is 16.3 Å². The van der Waals surface area contributed by atoms with Crippen molar-refractivity contribution in [2.75, 3.05) is 5.75 Å². The minimum Gasteiger partial charge on any atom is -0.462 e. The summed E-state index contributed by atoms with van der Waals surface area (Å²) in [5, 5.41) is 11.0. The molecule has 0 fully saturated rings. The molecule has 6 heteroatoms. The third-order valence-electron chi connectivity index (χ3n) is 3.46. The molecule has 0 saturated heterocycles. The van der Waals surface area contributed by atoms with Gasteiger partial charge in [0.1, 0.15) is 16.5 Å². The molecule has 4 nitrogen and oxygen atoms in total. The highest BCUT2D eigenvalue weighted by atomic mass is 32.2. The van der Waals surface area contributed by atoms with Crippen molar-refractivity contribution < 1.29 is 13.9 Å². The predicted molar refractivity (Wildman–Crippen MR) is 96.9 cm³/mol. The molecule has 1 aromatic heterocycles. The van der Waals surface area contributed by atoms with Crippen LogP contribution in [-0.2, 0) is 9.53 Å². The first-order chi connectivity index (χ1) is 12.0. The molecule has 0 aliphatic rings. The van der Waals surface area contributed by atoms with Gasteiger partial charge in [0.2, 0.25) is 0 Å². The Labute approximate surface area is 149 Å². The van der Waals surface area contributed by atoms with Gasteiger partial charge in [0.15, 0.2) is 0 Å². The number of carbonyl (C=O) groups is 1. The van der Waals surface area contributed by atoms with E-state index in [-0.39, 0.29) is 23.6 Å². The topological polar surface area (TPSA) is 52.1 Å². The zero-order chi connectivity index (χ0) is 17.8. The summed E-state index contributed by atoms with van der Waals surface area (Å²) in [4.78, 5) is 11.8. The van der Waals surface area contributed by atoms with Crippen molar-refractivity contribution in [3.8, 4) is 11.3 Å². The van der Waals surface area contributed by atoms with Crippen molar-refractivity contribution in [1.29, 1.82) is 0 Å². The highest BCUT2D eigenvalue weighted by Crippen LogP contribution is 2.31. The summed E-state index contributed by atoms with van der Waals surface area (Å²) in [6.07, 6.45) is -0.142. The van der Waals surface area contributed by atoms with E-state index in [1.165, 1.54) is 23.9 Å². The Balaban J connectivity index is 1.93. The maximum Gasteiger partial charge on any atom is 0.316 e. The summed E-state index contributed by atoms with van der Waals surface area (Å²) in [5.74, 6) is -0.405. The van der Waals surface area contributed by atoms with Crippen molar-refractivity contribution in [3.05, 3.63) is 54.3 Å². The van der Waals surface area contributed by atoms with Gasteiger partial charge in [-0.2, -0.15) is 0 Å². The summed E-state index contributed by atoms with van der Waals surface area (Å²) in [5.41, 5.74) is 1.48. The average molecular weight is 356 g/mol. The Morgan fingerprint density at radius 1 is 1.08 bits per heavy atom. The lowest BCUT2D eigenvalue weighted by Crippen LogP contribution is -2.13. The molecule has 3 rings (SSSR count). The fourth-order valence-electron chi connectivity index (χ4n) is 2.43. The summed E-state index contributed by atoms with van der Waals surface area (Å²) < 4.78 is 18.3. The first-order valence-electron chi connectivity index (χ1n) is 7.88. The van der Waals surface area contributed by atoms with Crippen LogP contribution in [0.5, 0.6) is 0 Å². The zero-order valence-electron chi connectivity index (χ0n) is 13.9. The molecule has 1 heterocycles. The molecule has 0 aliphatic carbocycles. The second-order valence-electron chi connectivity index (χ2n) is 5.73. The lowest BCUT2D eigenvalue weighted by molar-refractivity contribution is -0.144. The van der Waals surface area contributed by atoms with Gasteiger partial charge in [-0.3, -0.25) is 4.79 Å². The molecule has 0 spiro atoms. The van der Waals surface area contributed by atoms with E-state index in [0.29, 0.717) is 10.7 Å². The van der Waals surface area contributed by atoms with Crippen LogP contribution in [0.25, 0.3) is 22.0 Å². The first kappa shape index (κ1) is 17.4. The Bertz CT molecular complexity index is 898. The number of halogens is 1. The fraction of sp³-hybridized carbons (Fsp3) is 0.211. The van der Waals surface area contributed by atoms with Crippen molar-refractivity contribution in [2.24, 2.45) is 0 Å². The van der Waals surface area contributed by atoms with Gasteiger partial charge in [0.05, 0.1) is 11.9 Å². The molecule has 0 amide bonds. The lowest BCUT2D eigenvalue weighted by atomic mass is 10.1. The molecule has 0 N–H and O–H groups in total. The van der Waals surface area contributed by atoms with E-state index in [0.717, 1.165) is 16.3 Å². The third kappa shape index (κ3) is 4.14. The second kappa shape index (κ2) is 7.61. The summed E-state index contributed by atoms with van der Waals surface area (Å²) in [6.45, 7) is 3.63. The molecule has 0 radical (unpaired) electrons. The number of benzene rings is 2. The molecule has 0 saturated carbocycles. The van der Waals surface area contributed by atoms with Crippen LogP contribution in [0.1, 0.15) is 13.8 Å². The number of rotatable bonds is 5. The number of thioether (sulfide) groups is 1. The molecule has 3 aromatic rings. The highest BCUT2D eigenvalue weighted by Gasteiger charge is 2.13. The molecular weight excluding hydrogens is 339 g/mol. The number of hydrogen-bond acceptors (Lipinski definition) is 5. The van der Waals surface area contributed by atoms with Crippen LogP contribution in [0.2, 0.25) is 0 Å². The lowest BCUT2D eigenvalue weighted by Gasteiger charge is -2.10. The molecule has 2 aromatic carbocycles. The van der Waals surface area contributed by atoms with E-state index in [9.17, 15) is 9.18 Å². The van der Waals surface area contributed by atoms with Gasteiger partial charge in [-0.1, -0.05) is 36.0 Å². The maximum absolute atomic E-state index is 13.2. The van der Waals surface area contributed by atoms with E-state index < -0.39 is 0 Å². The molecular formula is C19H17FN2O2S. The van der Waals surface area contributed by atoms with Gasteiger partial charge >= 0.3 is 5.97 Å². The number of hydrogen-bond donors (Lipinski definition) is 0. The minimum atomic E-state index is -0.295. The van der Waals surface area contributed by atoms with Crippen LogP contribution in [0, 0.1) is 5.82 Å². The monoisotopic (exact) mass is 356 g/mol. The molecule has 25 heavy (non-hydrogen) atoms. The number of esters is 1. The average Bonchev–Trinajstić information content (AvgIpc) is 2.60. The number of carbonyl (C=O) groups excluding carboxylic acids is 1. The minimum absolute atomic E-state index is 0.142. The molecule has 0 unspecified atom stereocenters. The Hall–Kier alpha value is -2.47. The largest absolute Gasteiger partial charge is 0.462 e. The predicted octanol–water partition coefficient (Wildman–Crippen LogP) is 4.48. The van der Waals surface area contributed by atoms with Crippen molar-refractivity contribution in [2.45, 2.75) is 25.0 Å². The Morgan fingerprint density at radius 3 is 2.44 bits per heavy atom. The smallest absolute Gasteiger partial charge is 0.316 e. The van der Waals surface area contributed by atoms with Gasteiger partial charge < -0.3 is 4.74 Å². The van der Waals surface area contributed by atoms with E-state index in [4.69, 9.17) is 4.74 Å². The molecule has 0 bridgehead atoms. The standard InChI is InChI=1S/C19H17FN2O2S/c1-12(2)24-17(23)11-25-19-16-6-4-3-5-15(16)18(21-22-19)13-7-9-14(20)10-8-13/h3-10,12H,11H2,1-2H3. The van der Waals surface area contributed by atoms with Gasteiger partial charge in [0.25, 0.3) is 0 Å². The van der Waals surface area contributed by atoms with E-state index in [1.807, 2.05) is 38.1 Å². The van der Waals surface area contributed by atoms with Crippen LogP contribution in [0.15, 0.2) is 53.6 Å². The maximum atomic E-state index is 13.2. The quantitative estimate of drug-likeness (QED) is 0.498. The number of ether oxygens (including phenoxy) is 1. The normalized spacial score (nSPS) is 11.0. The summed E-state index contributed by atoms with van der Waals surface area (Å²) in [7, 11) is 0. The third-order valence-corrected chi connectivity index (χ3v) is 4.42. The van der Waals surface area contributed by atoms with E-state index in [2.05, 4.69) is 10.2 Å². The molecule has 128 valence electrons. The summed E-state index contributed by atoms with van der Waals surface area (Å²) in [6, 6.07) is 13.9. The molecule has 0 atom stereocenters. The van der Waals surface area contributed by atoms with E-state index in [1.54, 1.807) is 12.1 Å². The number of nitrogens with zero attached hydrogens (tertiary/aromatic N) is 2. The SMILES string of the molecule is CC(C)OC(=O)CSc1nnc(-c2ccc(F)cc2)c2ccccc12. The Kier molecular flexibility index (Phi) is 5.28. The van der Waals surface area contributed by atoms with Crippen LogP contribution in [0.4, 0.5) is 4.39 Å². The first-order valence-corrected chi connectivity index (χ1v) is 8.87. The van der Waals surface area contributed by atoms with Crippen LogP contribution in [0.3, 0.4) is 0 Å². The summed E-state index contributed by atoms with van der Waals surface area (Å²) >= 11 is 1.30. The number of fused-ring (bicyclic) bond motifs is 1. The van der Waals surface area contributed by atoms with Crippen molar-refractivity contribution in [1.82, 2.24) is 10.2 Å². The zero-order valence-corrected chi connectivity index (χ0v) is 14.7. The fourth-order valence-corrected chi connectivity index (χ4v) is 3.19. The van der Waals surface area contributed by atoms with Gasteiger partial charge in [-0.05, 0) is 38.1 Å².